The Morgan fingerprint density at radius 1 is 1.20 bits per heavy atom. The van der Waals surface area contributed by atoms with E-state index >= 15 is 0 Å². The summed E-state index contributed by atoms with van der Waals surface area (Å²) in [6, 6.07) is 0. The van der Waals surface area contributed by atoms with Gasteiger partial charge in [0, 0.05) is 6.42 Å². The Bertz CT molecular complexity index is 347. The van der Waals surface area contributed by atoms with Crippen LogP contribution < -0.4 is 0 Å². The van der Waals surface area contributed by atoms with E-state index in [0.717, 1.165) is 0 Å². The zero-order chi connectivity index (χ0) is 14.8. The first kappa shape index (κ1) is 16.4. The molecule has 0 aromatic rings. The molecule has 0 N–H and O–H groups in total. The van der Waals surface area contributed by atoms with E-state index in [2.05, 4.69) is 0 Å². The monoisotopic (exact) mass is 310 g/mol. The lowest BCUT2D eigenvalue weighted by atomic mass is 10.3. The van der Waals surface area contributed by atoms with Crippen LogP contribution >= 0.6 is 7.60 Å². The minimum atomic E-state index is -3.21. The Balaban J connectivity index is 1.80. The Morgan fingerprint density at radius 2 is 1.85 bits per heavy atom. The van der Waals surface area contributed by atoms with E-state index in [0.29, 0.717) is 19.6 Å². The van der Waals surface area contributed by atoms with E-state index in [-0.39, 0.29) is 12.5 Å². The smallest absolute Gasteiger partial charge is 0.342 e. The summed E-state index contributed by atoms with van der Waals surface area (Å²) in [6.07, 6.45) is -0.716. The normalized spacial score (nSPS) is 32.5. The molecule has 7 nitrogen and oxygen atoms in total. The van der Waals surface area contributed by atoms with Crippen molar-refractivity contribution < 1.29 is 32.6 Å². The molecule has 0 aromatic carbocycles. The molecular weight excluding hydrogens is 287 g/mol. The quantitative estimate of drug-likeness (QED) is 0.669. The summed E-state index contributed by atoms with van der Waals surface area (Å²) >= 11 is 0. The average Bonchev–Trinajstić information content (AvgIpc) is 2.80. The summed E-state index contributed by atoms with van der Waals surface area (Å²) in [5, 5.41) is 0. The van der Waals surface area contributed by atoms with Gasteiger partial charge in [0.25, 0.3) is 0 Å². The van der Waals surface area contributed by atoms with Crippen LogP contribution in [-0.2, 0) is 32.6 Å². The van der Waals surface area contributed by atoms with E-state index in [1.165, 1.54) is 0 Å². The van der Waals surface area contributed by atoms with Gasteiger partial charge in [-0.2, -0.15) is 0 Å². The van der Waals surface area contributed by atoms with Crippen LogP contribution in [0.25, 0.3) is 0 Å². The van der Waals surface area contributed by atoms with Crippen molar-refractivity contribution >= 4 is 7.60 Å². The maximum absolute atomic E-state index is 12.2. The lowest BCUT2D eigenvalue weighted by molar-refractivity contribution is -0.241. The Labute approximate surface area is 119 Å². The highest BCUT2D eigenvalue weighted by molar-refractivity contribution is 7.53. The molecule has 20 heavy (non-hydrogen) atoms. The number of hydrogen-bond acceptors (Lipinski definition) is 7. The van der Waals surface area contributed by atoms with Crippen molar-refractivity contribution in [2.75, 3.05) is 19.6 Å². The fraction of sp³-hybridized carbons (Fsp3) is 1.00. The van der Waals surface area contributed by atoms with Gasteiger partial charge in [0.05, 0.1) is 13.2 Å². The van der Waals surface area contributed by atoms with Crippen LogP contribution in [0.4, 0.5) is 0 Å². The van der Waals surface area contributed by atoms with Crippen molar-refractivity contribution in [1.29, 1.82) is 0 Å². The lowest BCUT2D eigenvalue weighted by Gasteiger charge is -2.22. The molecule has 2 heterocycles. The fourth-order valence-corrected chi connectivity index (χ4v) is 3.62. The average molecular weight is 310 g/mol. The zero-order valence-corrected chi connectivity index (χ0v) is 13.3. The van der Waals surface area contributed by atoms with Gasteiger partial charge in [0.2, 0.25) is 0 Å². The fourth-order valence-electron chi connectivity index (χ4n) is 2.26. The molecule has 0 bridgehead atoms. The van der Waals surface area contributed by atoms with Crippen LogP contribution in [0.2, 0.25) is 0 Å². The van der Waals surface area contributed by atoms with Crippen LogP contribution in [0.5, 0.6) is 0 Å². The molecule has 0 aliphatic carbocycles. The molecule has 2 saturated heterocycles. The van der Waals surface area contributed by atoms with Crippen LogP contribution in [0, 0.1) is 0 Å². The molecule has 0 radical (unpaired) electrons. The van der Waals surface area contributed by atoms with Gasteiger partial charge >= 0.3 is 7.60 Å². The standard InChI is InChI=1S/C12H23O7P/c1-5-15-20(13,16-6-2)8-14-10-7-9-11(17-10)19-12(3,4)18-9/h9-11H,5-8H2,1-4H3/t9?,10-,11-/m0/s1. The van der Waals surface area contributed by atoms with Crippen LogP contribution in [0.3, 0.4) is 0 Å². The molecule has 118 valence electrons. The summed E-state index contributed by atoms with van der Waals surface area (Å²) in [7, 11) is -3.21. The van der Waals surface area contributed by atoms with Gasteiger partial charge in [-0.05, 0) is 27.7 Å². The molecule has 2 aliphatic rings. The first-order valence-corrected chi connectivity index (χ1v) is 8.61. The first-order valence-electron chi connectivity index (χ1n) is 6.88. The minimum Gasteiger partial charge on any atom is -0.342 e. The Hall–Kier alpha value is -0.0100. The number of hydrogen-bond donors (Lipinski definition) is 0. The third-order valence-electron chi connectivity index (χ3n) is 2.92. The van der Waals surface area contributed by atoms with E-state index in [4.69, 9.17) is 28.0 Å². The summed E-state index contributed by atoms with van der Waals surface area (Å²) in [6.45, 7) is 7.79. The molecule has 0 saturated carbocycles. The predicted molar refractivity (Wildman–Crippen MR) is 70.1 cm³/mol. The van der Waals surface area contributed by atoms with Crippen molar-refractivity contribution in [1.82, 2.24) is 0 Å². The predicted octanol–water partition coefficient (Wildman–Crippen LogP) is 2.45. The van der Waals surface area contributed by atoms with E-state index in [9.17, 15) is 4.57 Å². The van der Waals surface area contributed by atoms with Gasteiger partial charge < -0.3 is 28.0 Å². The molecule has 3 atom stereocenters. The lowest BCUT2D eigenvalue weighted by Crippen LogP contribution is -2.25. The molecule has 0 aromatic heterocycles. The van der Waals surface area contributed by atoms with Gasteiger partial charge in [0.1, 0.15) is 6.10 Å². The Kier molecular flexibility index (Phi) is 5.24. The van der Waals surface area contributed by atoms with E-state index in [1.54, 1.807) is 13.8 Å². The number of rotatable bonds is 7. The molecular formula is C12H23O7P. The van der Waals surface area contributed by atoms with Crippen molar-refractivity contribution in [3.8, 4) is 0 Å². The summed E-state index contributed by atoms with van der Waals surface area (Å²) in [5.74, 6) is -0.633. The van der Waals surface area contributed by atoms with Crippen LogP contribution in [-0.4, -0.2) is 44.0 Å². The summed E-state index contributed by atoms with van der Waals surface area (Å²) < 4.78 is 44.8. The Morgan fingerprint density at radius 3 is 2.40 bits per heavy atom. The van der Waals surface area contributed by atoms with Gasteiger partial charge in [-0.25, -0.2) is 0 Å². The SMILES string of the molecule is CCOP(=O)(CO[C@@H]1CC2OC(C)(C)O[C@@H]2O1)OCC. The summed E-state index contributed by atoms with van der Waals surface area (Å²) in [4.78, 5) is 0. The van der Waals surface area contributed by atoms with Crippen molar-refractivity contribution in [2.45, 2.75) is 58.6 Å². The van der Waals surface area contributed by atoms with Crippen molar-refractivity contribution in [3.63, 3.8) is 0 Å². The molecule has 2 aliphatic heterocycles. The van der Waals surface area contributed by atoms with E-state index < -0.39 is 26.0 Å². The van der Waals surface area contributed by atoms with Gasteiger partial charge in [-0.15, -0.1) is 0 Å². The van der Waals surface area contributed by atoms with Gasteiger partial charge in [-0.1, -0.05) is 0 Å². The first-order chi connectivity index (χ1) is 9.37. The topological polar surface area (TPSA) is 72.5 Å². The van der Waals surface area contributed by atoms with Crippen LogP contribution in [0.15, 0.2) is 0 Å². The van der Waals surface area contributed by atoms with Gasteiger partial charge in [-0.3, -0.25) is 4.57 Å². The molecule has 0 amide bonds. The highest BCUT2D eigenvalue weighted by atomic mass is 31.2. The molecule has 1 unspecified atom stereocenters. The highest BCUT2D eigenvalue weighted by Crippen LogP contribution is 2.49. The number of fused-ring (bicyclic) bond motifs is 1. The zero-order valence-electron chi connectivity index (χ0n) is 12.4. The second-order valence-corrected chi connectivity index (χ2v) is 7.08. The number of ether oxygens (including phenoxy) is 4. The highest BCUT2D eigenvalue weighted by Gasteiger charge is 2.49. The third-order valence-corrected chi connectivity index (χ3v) is 4.69. The second kappa shape index (κ2) is 6.40. The van der Waals surface area contributed by atoms with Crippen molar-refractivity contribution in [3.05, 3.63) is 0 Å². The molecule has 2 rings (SSSR count). The maximum Gasteiger partial charge on any atom is 0.356 e. The largest absolute Gasteiger partial charge is 0.356 e. The third kappa shape index (κ3) is 4.01. The second-order valence-electron chi connectivity index (χ2n) is 5.09. The van der Waals surface area contributed by atoms with Crippen LogP contribution in [0.1, 0.15) is 34.1 Å². The van der Waals surface area contributed by atoms with Crippen molar-refractivity contribution in [2.24, 2.45) is 0 Å². The maximum atomic E-state index is 12.2. The van der Waals surface area contributed by atoms with E-state index in [1.807, 2.05) is 13.8 Å². The molecule has 2 fully saturated rings. The molecule has 8 heteroatoms. The van der Waals surface area contributed by atoms with Gasteiger partial charge in [0.15, 0.2) is 24.7 Å². The summed E-state index contributed by atoms with van der Waals surface area (Å²) in [5.41, 5.74) is 0. The molecule has 0 spiro atoms. The minimum absolute atomic E-state index is 0.137.